The standard InChI is InChI=1S/C13H19ClN2O2/c1-4-5-13(3,15)12(18)16-10-7-9(14)6-8(2)11(10)17/h6-7,17H,4-5,15H2,1-3H3,(H,16,18). The van der Waals surface area contributed by atoms with Crippen molar-refractivity contribution >= 4 is 23.2 Å². The zero-order chi connectivity index (χ0) is 13.9. The van der Waals surface area contributed by atoms with Crippen molar-refractivity contribution in [2.45, 2.75) is 39.2 Å². The number of hydrogen-bond donors (Lipinski definition) is 3. The number of aromatic hydroxyl groups is 1. The Kier molecular flexibility index (Phi) is 4.59. The van der Waals surface area contributed by atoms with Crippen LogP contribution >= 0.6 is 11.6 Å². The largest absolute Gasteiger partial charge is 0.505 e. The van der Waals surface area contributed by atoms with Gasteiger partial charge in [-0.2, -0.15) is 0 Å². The van der Waals surface area contributed by atoms with E-state index < -0.39 is 5.54 Å². The molecule has 0 aliphatic heterocycles. The number of carbonyl (C=O) groups is 1. The third-order valence-corrected chi connectivity index (χ3v) is 3.02. The maximum Gasteiger partial charge on any atom is 0.244 e. The third kappa shape index (κ3) is 3.37. The summed E-state index contributed by atoms with van der Waals surface area (Å²) in [4.78, 5) is 12.0. The summed E-state index contributed by atoms with van der Waals surface area (Å²) in [6.45, 7) is 5.34. The van der Waals surface area contributed by atoms with E-state index in [0.29, 0.717) is 17.0 Å². The molecule has 1 aromatic rings. The second kappa shape index (κ2) is 5.59. The van der Waals surface area contributed by atoms with Gasteiger partial charge in [0.25, 0.3) is 0 Å². The summed E-state index contributed by atoms with van der Waals surface area (Å²) in [5.74, 6) is -0.318. The van der Waals surface area contributed by atoms with Gasteiger partial charge in [-0.1, -0.05) is 24.9 Å². The SMILES string of the molecule is CCCC(C)(N)C(=O)Nc1cc(Cl)cc(C)c1O. The molecular formula is C13H19ClN2O2. The molecule has 1 rings (SSSR count). The number of halogens is 1. The van der Waals surface area contributed by atoms with E-state index in [1.807, 2.05) is 6.92 Å². The van der Waals surface area contributed by atoms with Gasteiger partial charge < -0.3 is 16.2 Å². The van der Waals surface area contributed by atoms with E-state index in [2.05, 4.69) is 5.32 Å². The molecular weight excluding hydrogens is 252 g/mol. The molecule has 0 aliphatic rings. The molecule has 1 amide bonds. The van der Waals surface area contributed by atoms with Crippen LogP contribution in [-0.4, -0.2) is 16.6 Å². The van der Waals surface area contributed by atoms with Crippen molar-refractivity contribution in [1.29, 1.82) is 0 Å². The van der Waals surface area contributed by atoms with Gasteiger partial charge in [0.05, 0.1) is 11.2 Å². The maximum atomic E-state index is 12.0. The Labute approximate surface area is 112 Å². The van der Waals surface area contributed by atoms with Crippen LogP contribution in [0.3, 0.4) is 0 Å². The van der Waals surface area contributed by atoms with Crippen molar-refractivity contribution in [1.82, 2.24) is 0 Å². The van der Waals surface area contributed by atoms with Crippen LogP contribution in [0, 0.1) is 6.92 Å². The highest BCUT2D eigenvalue weighted by Gasteiger charge is 2.27. The van der Waals surface area contributed by atoms with Crippen LogP contribution in [0.25, 0.3) is 0 Å². The van der Waals surface area contributed by atoms with E-state index in [1.54, 1.807) is 19.9 Å². The van der Waals surface area contributed by atoms with Crippen molar-refractivity contribution < 1.29 is 9.90 Å². The van der Waals surface area contributed by atoms with Gasteiger partial charge in [-0.3, -0.25) is 4.79 Å². The topological polar surface area (TPSA) is 75.4 Å². The van der Waals surface area contributed by atoms with Crippen molar-refractivity contribution in [3.05, 3.63) is 22.7 Å². The number of amides is 1. The van der Waals surface area contributed by atoms with Gasteiger partial charge in [0, 0.05) is 5.02 Å². The fourth-order valence-corrected chi connectivity index (χ4v) is 2.00. The Morgan fingerprint density at radius 2 is 2.17 bits per heavy atom. The lowest BCUT2D eigenvalue weighted by molar-refractivity contribution is -0.120. The minimum atomic E-state index is -0.961. The molecule has 100 valence electrons. The molecule has 4 nitrogen and oxygen atoms in total. The van der Waals surface area contributed by atoms with E-state index in [-0.39, 0.29) is 17.3 Å². The van der Waals surface area contributed by atoms with Crippen molar-refractivity contribution in [3.8, 4) is 5.75 Å². The number of carbonyl (C=O) groups excluding carboxylic acids is 1. The average molecular weight is 271 g/mol. The number of benzene rings is 1. The Hall–Kier alpha value is -1.26. The molecule has 0 saturated carbocycles. The summed E-state index contributed by atoms with van der Waals surface area (Å²) >= 11 is 5.89. The second-order valence-electron chi connectivity index (χ2n) is 4.74. The van der Waals surface area contributed by atoms with Gasteiger partial charge in [0.2, 0.25) is 5.91 Å². The number of aryl methyl sites for hydroxylation is 1. The van der Waals surface area contributed by atoms with Gasteiger partial charge in [-0.15, -0.1) is 0 Å². The van der Waals surface area contributed by atoms with Gasteiger partial charge in [-0.05, 0) is 38.0 Å². The molecule has 0 saturated heterocycles. The van der Waals surface area contributed by atoms with Crippen LogP contribution in [0.15, 0.2) is 12.1 Å². The Morgan fingerprint density at radius 3 is 2.72 bits per heavy atom. The summed E-state index contributed by atoms with van der Waals surface area (Å²) in [6, 6.07) is 3.13. The highest BCUT2D eigenvalue weighted by Crippen LogP contribution is 2.31. The highest BCUT2D eigenvalue weighted by molar-refractivity contribution is 6.31. The van der Waals surface area contributed by atoms with Crippen molar-refractivity contribution in [3.63, 3.8) is 0 Å². The monoisotopic (exact) mass is 270 g/mol. The molecule has 0 fully saturated rings. The zero-order valence-corrected chi connectivity index (χ0v) is 11.6. The van der Waals surface area contributed by atoms with Crippen LogP contribution in [0.4, 0.5) is 5.69 Å². The number of anilines is 1. The lowest BCUT2D eigenvalue weighted by Crippen LogP contribution is -2.48. The summed E-state index contributed by atoms with van der Waals surface area (Å²) in [5, 5.41) is 12.9. The number of nitrogens with one attached hydrogen (secondary N) is 1. The van der Waals surface area contributed by atoms with Crippen LogP contribution in [0.1, 0.15) is 32.3 Å². The van der Waals surface area contributed by atoms with Crippen LogP contribution in [0.2, 0.25) is 5.02 Å². The lowest BCUT2D eigenvalue weighted by atomic mass is 9.96. The smallest absolute Gasteiger partial charge is 0.244 e. The van der Waals surface area contributed by atoms with Crippen LogP contribution < -0.4 is 11.1 Å². The molecule has 0 bridgehead atoms. The normalized spacial score (nSPS) is 14.1. The van der Waals surface area contributed by atoms with Gasteiger partial charge in [0.15, 0.2) is 0 Å². The van der Waals surface area contributed by atoms with Crippen LogP contribution in [-0.2, 0) is 4.79 Å². The Bertz CT molecular complexity index is 459. The predicted molar refractivity (Wildman–Crippen MR) is 74.0 cm³/mol. The zero-order valence-electron chi connectivity index (χ0n) is 10.9. The first kappa shape index (κ1) is 14.8. The Morgan fingerprint density at radius 1 is 1.56 bits per heavy atom. The van der Waals surface area contributed by atoms with E-state index in [0.717, 1.165) is 6.42 Å². The Balaban J connectivity index is 2.95. The summed E-state index contributed by atoms with van der Waals surface area (Å²) in [6.07, 6.45) is 1.38. The van der Waals surface area contributed by atoms with E-state index >= 15 is 0 Å². The van der Waals surface area contributed by atoms with Gasteiger partial charge in [-0.25, -0.2) is 0 Å². The van der Waals surface area contributed by atoms with Gasteiger partial charge >= 0.3 is 0 Å². The molecule has 1 atom stereocenters. The van der Waals surface area contributed by atoms with E-state index in [4.69, 9.17) is 17.3 Å². The number of phenols is 1. The number of nitrogens with two attached hydrogens (primary N) is 1. The molecule has 0 heterocycles. The predicted octanol–water partition coefficient (Wildman–Crippen LogP) is 2.81. The molecule has 0 spiro atoms. The molecule has 0 radical (unpaired) electrons. The first-order valence-corrected chi connectivity index (χ1v) is 6.25. The molecule has 1 unspecified atom stereocenters. The summed E-state index contributed by atoms with van der Waals surface area (Å²) < 4.78 is 0. The molecule has 18 heavy (non-hydrogen) atoms. The average Bonchev–Trinajstić information content (AvgIpc) is 2.25. The molecule has 0 aliphatic carbocycles. The van der Waals surface area contributed by atoms with Crippen molar-refractivity contribution in [2.24, 2.45) is 5.73 Å². The number of hydrogen-bond acceptors (Lipinski definition) is 3. The first-order valence-electron chi connectivity index (χ1n) is 5.87. The minimum absolute atomic E-state index is 0.0139. The molecule has 0 aromatic heterocycles. The molecule has 1 aromatic carbocycles. The number of rotatable bonds is 4. The van der Waals surface area contributed by atoms with E-state index in [9.17, 15) is 9.90 Å². The van der Waals surface area contributed by atoms with E-state index in [1.165, 1.54) is 6.07 Å². The summed E-state index contributed by atoms with van der Waals surface area (Å²) in [7, 11) is 0. The second-order valence-corrected chi connectivity index (χ2v) is 5.18. The lowest BCUT2D eigenvalue weighted by Gasteiger charge is -2.23. The molecule has 5 heteroatoms. The van der Waals surface area contributed by atoms with Crippen molar-refractivity contribution in [2.75, 3.05) is 5.32 Å². The highest BCUT2D eigenvalue weighted by atomic mass is 35.5. The fourth-order valence-electron chi connectivity index (χ4n) is 1.73. The quantitative estimate of drug-likeness (QED) is 0.737. The van der Waals surface area contributed by atoms with Gasteiger partial charge in [0.1, 0.15) is 5.75 Å². The number of phenolic OH excluding ortho intramolecular Hbond substituents is 1. The minimum Gasteiger partial charge on any atom is -0.505 e. The maximum absolute atomic E-state index is 12.0. The fraction of sp³-hybridized carbons (Fsp3) is 0.462. The third-order valence-electron chi connectivity index (χ3n) is 2.80. The summed E-state index contributed by atoms with van der Waals surface area (Å²) in [5.41, 5.74) is 5.85. The molecule has 4 N–H and O–H groups in total. The van der Waals surface area contributed by atoms with Crippen LogP contribution in [0.5, 0.6) is 5.75 Å². The first-order chi connectivity index (χ1) is 8.27.